The van der Waals surface area contributed by atoms with Crippen molar-refractivity contribution in [2.24, 2.45) is 11.7 Å². The predicted molar refractivity (Wildman–Crippen MR) is 188 cm³/mol. The number of aliphatic hydroxyl groups is 1. The van der Waals surface area contributed by atoms with Gasteiger partial charge in [0.1, 0.15) is 27.7 Å². The highest BCUT2D eigenvalue weighted by Crippen LogP contribution is 2.25. The minimum atomic E-state index is -3.82. The molecular weight excluding hydrogens is 687 g/mol. The van der Waals surface area contributed by atoms with E-state index in [2.05, 4.69) is 16.0 Å². The number of hydrogen-bond donors (Lipinski definition) is 5. The predicted octanol–water partition coefficient (Wildman–Crippen LogP) is -0.0245. The Kier molecular flexibility index (Phi) is 13.2. The Morgan fingerprint density at radius 3 is 2.38 bits per heavy atom. The van der Waals surface area contributed by atoms with Gasteiger partial charge in [0, 0.05) is 23.9 Å². The molecule has 1 fully saturated rings. The molecular formula is C34H41N5O9S2. The van der Waals surface area contributed by atoms with Crippen molar-refractivity contribution in [2.75, 3.05) is 36.8 Å². The Labute approximate surface area is 294 Å². The van der Waals surface area contributed by atoms with Gasteiger partial charge >= 0.3 is 0 Å². The van der Waals surface area contributed by atoms with Crippen LogP contribution in [0.1, 0.15) is 12.5 Å². The summed E-state index contributed by atoms with van der Waals surface area (Å²) in [4.78, 5) is 65.9. The molecule has 50 heavy (non-hydrogen) atoms. The summed E-state index contributed by atoms with van der Waals surface area (Å²) in [5.41, 5.74) is 5.92. The number of nitrogens with one attached hydrogen (secondary N) is 3. The van der Waals surface area contributed by atoms with Crippen LogP contribution in [-0.2, 0) is 40.2 Å². The van der Waals surface area contributed by atoms with E-state index in [1.807, 2.05) is 30.3 Å². The fraction of sp³-hybridized carbons (Fsp3) is 0.382. The van der Waals surface area contributed by atoms with Crippen LogP contribution in [0.2, 0.25) is 0 Å². The van der Waals surface area contributed by atoms with Crippen molar-refractivity contribution in [3.8, 4) is 5.75 Å². The number of hydrogen-bond acceptors (Lipinski definition) is 10. The second kappa shape index (κ2) is 17.3. The number of aliphatic hydroxyl groups excluding tert-OH is 1. The highest BCUT2D eigenvalue weighted by Gasteiger charge is 2.41. The summed E-state index contributed by atoms with van der Waals surface area (Å²) in [6.45, 7) is 0.991. The Hall–Kier alpha value is -4.67. The lowest BCUT2D eigenvalue weighted by molar-refractivity contribution is -0.146. The fourth-order valence-electron chi connectivity index (χ4n) is 5.27. The molecule has 16 heteroatoms. The summed E-state index contributed by atoms with van der Waals surface area (Å²) in [7, 11) is -3.82. The van der Waals surface area contributed by atoms with Crippen molar-refractivity contribution in [1.29, 1.82) is 0 Å². The van der Waals surface area contributed by atoms with Gasteiger partial charge in [-0.05, 0) is 23.4 Å². The summed E-state index contributed by atoms with van der Waals surface area (Å²) in [5, 5.41) is 20.6. The average molecular weight is 728 g/mol. The third kappa shape index (κ3) is 10.7. The summed E-state index contributed by atoms with van der Waals surface area (Å²) in [5.74, 6) is -4.38. The Balaban J connectivity index is 1.49. The minimum absolute atomic E-state index is 0.0347. The van der Waals surface area contributed by atoms with Crippen molar-refractivity contribution in [3.63, 3.8) is 0 Å². The zero-order valence-corrected chi connectivity index (χ0v) is 29.2. The lowest BCUT2D eigenvalue weighted by Crippen LogP contribution is -2.59. The molecule has 0 saturated carbocycles. The molecule has 0 aromatic heterocycles. The third-order valence-electron chi connectivity index (χ3n) is 8.03. The summed E-state index contributed by atoms with van der Waals surface area (Å²) in [6, 6.07) is 17.5. The van der Waals surface area contributed by atoms with Crippen molar-refractivity contribution in [2.45, 2.75) is 37.6 Å². The maximum Gasteiger partial charge on any atom is 0.258 e. The van der Waals surface area contributed by atoms with Crippen LogP contribution < -0.4 is 26.4 Å². The number of thioether (sulfide) groups is 1. The molecule has 3 aromatic carbocycles. The minimum Gasteiger partial charge on any atom is -0.483 e. The molecule has 5 amide bonds. The normalized spacial score (nSPS) is 16.9. The number of sulfone groups is 1. The number of benzene rings is 3. The van der Waals surface area contributed by atoms with Crippen LogP contribution in [0.25, 0.3) is 10.8 Å². The van der Waals surface area contributed by atoms with Crippen molar-refractivity contribution >= 4 is 61.9 Å². The fourth-order valence-corrected chi connectivity index (χ4v) is 7.27. The van der Waals surface area contributed by atoms with E-state index in [4.69, 9.17) is 10.5 Å². The number of rotatable bonds is 16. The number of amides is 5. The summed E-state index contributed by atoms with van der Waals surface area (Å²) < 4.78 is 30.4. The van der Waals surface area contributed by atoms with Crippen LogP contribution in [0.15, 0.2) is 72.8 Å². The van der Waals surface area contributed by atoms with E-state index >= 15 is 0 Å². The van der Waals surface area contributed by atoms with Gasteiger partial charge in [-0.3, -0.25) is 24.0 Å². The molecule has 0 spiro atoms. The molecule has 6 N–H and O–H groups in total. The maximum absolute atomic E-state index is 13.7. The SMILES string of the molecule is CC(CNC(=O)[C@@H]1CSCN1C(=O)[C@@H](O)[C@H](Cc1ccccc1)NC(=O)[C@H](CS(C)(=O)=O)NC(=O)COc1cccc2ccccc12)C(N)=O. The summed E-state index contributed by atoms with van der Waals surface area (Å²) >= 11 is 1.28. The van der Waals surface area contributed by atoms with Gasteiger partial charge in [-0.25, -0.2) is 8.42 Å². The Bertz CT molecular complexity index is 1800. The quantitative estimate of drug-likeness (QED) is 0.133. The number of nitrogens with zero attached hydrogens (tertiary/aromatic N) is 1. The van der Waals surface area contributed by atoms with Crippen LogP contribution in [0, 0.1) is 5.92 Å². The zero-order chi connectivity index (χ0) is 36.4. The monoisotopic (exact) mass is 727 g/mol. The first-order chi connectivity index (χ1) is 23.7. The Morgan fingerprint density at radius 2 is 1.68 bits per heavy atom. The van der Waals surface area contributed by atoms with Crippen LogP contribution >= 0.6 is 11.8 Å². The largest absolute Gasteiger partial charge is 0.483 e. The van der Waals surface area contributed by atoms with E-state index in [0.717, 1.165) is 17.0 Å². The molecule has 1 unspecified atom stereocenters. The average Bonchev–Trinajstić information content (AvgIpc) is 3.58. The van der Waals surface area contributed by atoms with E-state index < -0.39 is 81.9 Å². The number of carbonyl (C=O) groups excluding carboxylic acids is 5. The van der Waals surface area contributed by atoms with Gasteiger partial charge in [-0.1, -0.05) is 73.7 Å². The van der Waals surface area contributed by atoms with Gasteiger partial charge in [-0.2, -0.15) is 0 Å². The van der Waals surface area contributed by atoms with E-state index in [9.17, 15) is 37.5 Å². The molecule has 14 nitrogen and oxygen atoms in total. The number of fused-ring (bicyclic) bond motifs is 1. The lowest BCUT2D eigenvalue weighted by Gasteiger charge is -2.31. The van der Waals surface area contributed by atoms with Crippen LogP contribution in [0.4, 0.5) is 0 Å². The molecule has 3 aromatic rings. The first-order valence-electron chi connectivity index (χ1n) is 15.8. The van der Waals surface area contributed by atoms with Crippen molar-refractivity contribution in [3.05, 3.63) is 78.4 Å². The molecule has 1 heterocycles. The van der Waals surface area contributed by atoms with Gasteiger partial charge in [0.2, 0.25) is 17.7 Å². The van der Waals surface area contributed by atoms with Gasteiger partial charge in [0.25, 0.3) is 11.8 Å². The molecule has 5 atom stereocenters. The molecule has 1 saturated heterocycles. The van der Waals surface area contributed by atoms with Gasteiger partial charge in [0.05, 0.1) is 23.6 Å². The smallest absolute Gasteiger partial charge is 0.258 e. The second-order valence-corrected chi connectivity index (χ2v) is 15.3. The first kappa shape index (κ1) is 38.1. The molecule has 0 aliphatic carbocycles. The molecule has 268 valence electrons. The molecule has 1 aliphatic rings. The van der Waals surface area contributed by atoms with E-state index in [0.29, 0.717) is 11.3 Å². The topological polar surface area (TPSA) is 214 Å². The third-order valence-corrected chi connectivity index (χ3v) is 9.98. The van der Waals surface area contributed by atoms with Crippen LogP contribution in [0.3, 0.4) is 0 Å². The summed E-state index contributed by atoms with van der Waals surface area (Å²) in [6.07, 6.45) is -0.995. The van der Waals surface area contributed by atoms with Crippen LogP contribution in [0.5, 0.6) is 5.75 Å². The Morgan fingerprint density at radius 1 is 1.00 bits per heavy atom. The molecule has 4 rings (SSSR count). The molecule has 0 radical (unpaired) electrons. The number of primary amides is 1. The lowest BCUT2D eigenvalue weighted by atomic mass is 9.99. The first-order valence-corrected chi connectivity index (χ1v) is 19.0. The van der Waals surface area contributed by atoms with Crippen molar-refractivity contribution in [1.82, 2.24) is 20.9 Å². The van der Waals surface area contributed by atoms with E-state index in [-0.39, 0.29) is 24.6 Å². The van der Waals surface area contributed by atoms with Gasteiger partial charge in [0.15, 0.2) is 12.7 Å². The maximum atomic E-state index is 13.7. The highest BCUT2D eigenvalue weighted by molar-refractivity contribution is 7.99. The second-order valence-electron chi connectivity index (χ2n) is 12.1. The standard InChI is InChI=1S/C34H41N5O9S2/c1-21(31(35)42)16-36-33(44)27-18-49-20-39(27)34(45)30(41)25(15-22-9-4-3-5-10-22)38-32(43)26(19-50(2,46)47)37-29(40)17-48-28-14-8-12-23-11-6-7-13-24(23)28/h3-14,21,25-27,30,41H,15-20H2,1-2H3,(H2,35,42)(H,36,44)(H,37,40)(H,38,43)/t21?,25-,26-,27-,30-/m0/s1. The molecule has 0 bridgehead atoms. The number of carbonyl (C=O) groups is 5. The molecule has 1 aliphatic heterocycles. The van der Waals surface area contributed by atoms with Crippen molar-refractivity contribution < 1.29 is 42.2 Å². The zero-order valence-electron chi connectivity index (χ0n) is 27.6. The van der Waals surface area contributed by atoms with E-state index in [1.54, 1.807) is 49.4 Å². The van der Waals surface area contributed by atoms with Gasteiger partial charge in [-0.15, -0.1) is 11.8 Å². The van der Waals surface area contributed by atoms with Gasteiger partial charge < -0.3 is 36.4 Å². The number of nitrogens with two attached hydrogens (primary N) is 1. The number of ether oxygens (including phenoxy) is 1. The highest BCUT2D eigenvalue weighted by atomic mass is 32.2. The van der Waals surface area contributed by atoms with E-state index in [1.165, 1.54) is 16.7 Å². The van der Waals surface area contributed by atoms with Crippen LogP contribution in [-0.4, -0.2) is 109 Å².